The van der Waals surface area contributed by atoms with Gasteiger partial charge in [0.1, 0.15) is 0 Å². The largest absolute Gasteiger partial charge is 0.309 e. The van der Waals surface area contributed by atoms with Crippen molar-refractivity contribution >= 4 is 43.6 Å². The first-order valence-electron chi connectivity index (χ1n) is 16.5. The van der Waals surface area contributed by atoms with Crippen LogP contribution in [0.4, 0.5) is 0 Å². The molecular weight excluding hydrogens is 615 g/mol. The van der Waals surface area contributed by atoms with E-state index in [4.69, 9.17) is 24.9 Å². The highest BCUT2D eigenvalue weighted by atomic mass is 15.2. The van der Waals surface area contributed by atoms with E-state index in [-0.39, 0.29) is 0 Å². The van der Waals surface area contributed by atoms with Crippen LogP contribution < -0.4 is 0 Å². The standard InChI is InChI=1S/C43H27N7/c1-4-14-28(15-5-1)40-46-41(29-16-6-2-7-17-29)48-42(47-40)30-26-44-43(45-27-30)50-35-23-13-11-21-33(35)39-37(50)25-24-36-38(39)32-20-10-12-22-34(32)49(36)31-18-8-3-9-19-31/h1-27H. The van der Waals surface area contributed by atoms with Crippen LogP contribution in [0, 0.1) is 0 Å². The lowest BCUT2D eigenvalue weighted by atomic mass is 10.1. The van der Waals surface area contributed by atoms with E-state index in [9.17, 15) is 0 Å². The average Bonchev–Trinajstić information content (AvgIpc) is 3.72. The lowest BCUT2D eigenvalue weighted by molar-refractivity contribution is 0.982. The fraction of sp³-hybridized carbons (Fsp3) is 0. The van der Waals surface area contributed by atoms with Gasteiger partial charge in [-0.2, -0.15) is 0 Å². The zero-order valence-corrected chi connectivity index (χ0v) is 26.7. The molecule has 0 bridgehead atoms. The molecule has 10 aromatic rings. The Morgan fingerprint density at radius 1 is 0.340 bits per heavy atom. The van der Waals surface area contributed by atoms with Crippen molar-refractivity contribution in [2.45, 2.75) is 0 Å². The molecule has 50 heavy (non-hydrogen) atoms. The Labute approximate surface area is 286 Å². The lowest BCUT2D eigenvalue weighted by Gasteiger charge is -2.09. The van der Waals surface area contributed by atoms with Gasteiger partial charge >= 0.3 is 0 Å². The maximum absolute atomic E-state index is 4.94. The third-order valence-electron chi connectivity index (χ3n) is 9.28. The summed E-state index contributed by atoms with van der Waals surface area (Å²) >= 11 is 0. The van der Waals surface area contributed by atoms with Crippen molar-refractivity contribution in [1.82, 2.24) is 34.1 Å². The third kappa shape index (κ3) is 4.41. The van der Waals surface area contributed by atoms with Gasteiger partial charge in [0.2, 0.25) is 5.95 Å². The summed E-state index contributed by atoms with van der Waals surface area (Å²) in [6.45, 7) is 0. The zero-order chi connectivity index (χ0) is 33.0. The molecule has 6 aromatic carbocycles. The van der Waals surface area contributed by atoms with Crippen LogP contribution in [-0.2, 0) is 0 Å². The molecule has 4 aromatic heterocycles. The van der Waals surface area contributed by atoms with Crippen molar-refractivity contribution in [1.29, 1.82) is 0 Å². The molecule has 0 amide bonds. The highest BCUT2D eigenvalue weighted by Gasteiger charge is 2.21. The molecule has 7 heteroatoms. The van der Waals surface area contributed by atoms with E-state index in [1.807, 2.05) is 73.1 Å². The fourth-order valence-corrected chi connectivity index (χ4v) is 7.08. The predicted octanol–water partition coefficient (Wildman–Crippen LogP) is 9.86. The number of para-hydroxylation sites is 3. The summed E-state index contributed by atoms with van der Waals surface area (Å²) < 4.78 is 4.50. The minimum absolute atomic E-state index is 0.516. The van der Waals surface area contributed by atoms with E-state index in [1.165, 1.54) is 21.7 Å². The van der Waals surface area contributed by atoms with E-state index in [0.29, 0.717) is 29.0 Å². The van der Waals surface area contributed by atoms with Gasteiger partial charge in [-0.25, -0.2) is 24.9 Å². The number of hydrogen-bond donors (Lipinski definition) is 0. The number of aromatic nitrogens is 7. The highest BCUT2D eigenvalue weighted by molar-refractivity contribution is 6.28. The molecule has 0 aliphatic rings. The topological polar surface area (TPSA) is 74.3 Å². The van der Waals surface area contributed by atoms with Crippen molar-refractivity contribution in [3.63, 3.8) is 0 Å². The van der Waals surface area contributed by atoms with Gasteiger partial charge in [-0.15, -0.1) is 0 Å². The molecule has 0 atom stereocenters. The lowest BCUT2D eigenvalue weighted by Crippen LogP contribution is -2.03. The monoisotopic (exact) mass is 641 g/mol. The SMILES string of the molecule is c1ccc(-c2nc(-c3ccccc3)nc(-c3cnc(-n4c5ccccc5c5c6c7ccccc7n(-c7ccccc7)c6ccc54)nc3)n2)cc1. The van der Waals surface area contributed by atoms with Crippen LogP contribution in [0.1, 0.15) is 0 Å². The van der Waals surface area contributed by atoms with Crippen LogP contribution >= 0.6 is 0 Å². The number of hydrogen-bond acceptors (Lipinski definition) is 5. The van der Waals surface area contributed by atoms with Crippen LogP contribution in [0.3, 0.4) is 0 Å². The summed E-state index contributed by atoms with van der Waals surface area (Å²) in [5, 5.41) is 4.73. The zero-order valence-electron chi connectivity index (χ0n) is 26.7. The minimum atomic E-state index is 0.516. The maximum Gasteiger partial charge on any atom is 0.234 e. The van der Waals surface area contributed by atoms with Gasteiger partial charge in [0.15, 0.2) is 17.5 Å². The Morgan fingerprint density at radius 3 is 1.30 bits per heavy atom. The molecule has 7 nitrogen and oxygen atoms in total. The third-order valence-corrected chi connectivity index (χ3v) is 9.28. The minimum Gasteiger partial charge on any atom is -0.309 e. The van der Waals surface area contributed by atoms with E-state index in [0.717, 1.165) is 38.8 Å². The Kier molecular flexibility index (Phi) is 6.35. The molecule has 0 saturated heterocycles. The number of rotatable bonds is 5. The van der Waals surface area contributed by atoms with Crippen LogP contribution in [0.5, 0.6) is 0 Å². The van der Waals surface area contributed by atoms with Gasteiger partial charge in [0, 0.05) is 50.8 Å². The van der Waals surface area contributed by atoms with Gasteiger partial charge in [0.25, 0.3) is 0 Å². The summed E-state index contributed by atoms with van der Waals surface area (Å²) in [5.74, 6) is 2.29. The maximum atomic E-state index is 4.94. The summed E-state index contributed by atoms with van der Waals surface area (Å²) in [7, 11) is 0. The van der Waals surface area contributed by atoms with Crippen molar-refractivity contribution in [3.8, 4) is 45.8 Å². The summed E-state index contributed by atoms with van der Waals surface area (Å²) in [6.07, 6.45) is 3.61. The second-order valence-corrected chi connectivity index (χ2v) is 12.2. The Hall–Kier alpha value is -6.99. The molecule has 0 fully saturated rings. The van der Waals surface area contributed by atoms with E-state index in [2.05, 4.69) is 100 Å². The van der Waals surface area contributed by atoms with Crippen LogP contribution in [0.25, 0.3) is 89.4 Å². The normalized spacial score (nSPS) is 11.6. The van der Waals surface area contributed by atoms with Gasteiger partial charge in [-0.05, 0) is 36.4 Å². The van der Waals surface area contributed by atoms with Gasteiger partial charge in [0.05, 0.1) is 27.6 Å². The molecule has 10 rings (SSSR count). The smallest absolute Gasteiger partial charge is 0.234 e. The molecular formula is C43H27N7. The average molecular weight is 642 g/mol. The predicted molar refractivity (Wildman–Crippen MR) is 200 cm³/mol. The van der Waals surface area contributed by atoms with Crippen LogP contribution in [-0.4, -0.2) is 34.1 Å². The van der Waals surface area contributed by atoms with Crippen LogP contribution in [0.2, 0.25) is 0 Å². The van der Waals surface area contributed by atoms with Crippen molar-refractivity contribution in [2.24, 2.45) is 0 Å². The molecule has 0 spiro atoms. The highest BCUT2D eigenvalue weighted by Crippen LogP contribution is 2.41. The molecule has 0 aliphatic carbocycles. The Bertz CT molecular complexity index is 2780. The quantitative estimate of drug-likeness (QED) is 0.187. The molecule has 4 heterocycles. The molecule has 0 aliphatic heterocycles. The second-order valence-electron chi connectivity index (χ2n) is 12.2. The first-order valence-corrected chi connectivity index (χ1v) is 16.5. The van der Waals surface area contributed by atoms with Crippen molar-refractivity contribution < 1.29 is 0 Å². The first kappa shape index (κ1) is 28.1. The second kappa shape index (κ2) is 11.3. The van der Waals surface area contributed by atoms with Gasteiger partial charge < -0.3 is 4.57 Å². The summed E-state index contributed by atoms with van der Waals surface area (Å²) in [6, 6.07) is 52.0. The fourth-order valence-electron chi connectivity index (χ4n) is 7.08. The van der Waals surface area contributed by atoms with Crippen molar-refractivity contribution in [3.05, 3.63) is 164 Å². The molecule has 0 unspecified atom stereocenters. The van der Waals surface area contributed by atoms with Gasteiger partial charge in [-0.1, -0.05) is 115 Å². The first-order chi connectivity index (χ1) is 24.8. The molecule has 0 radical (unpaired) electrons. The number of benzene rings is 6. The summed E-state index contributed by atoms with van der Waals surface area (Å²) in [5.41, 5.74) is 8.07. The Balaban J connectivity index is 1.16. The Morgan fingerprint density at radius 2 is 0.760 bits per heavy atom. The molecule has 234 valence electrons. The molecule has 0 saturated carbocycles. The number of nitrogens with zero attached hydrogens (tertiary/aromatic N) is 7. The van der Waals surface area contributed by atoms with Crippen molar-refractivity contribution in [2.75, 3.05) is 0 Å². The molecule has 0 N–H and O–H groups in total. The van der Waals surface area contributed by atoms with E-state index in [1.54, 1.807) is 0 Å². The van der Waals surface area contributed by atoms with Crippen LogP contribution in [0.15, 0.2) is 164 Å². The van der Waals surface area contributed by atoms with E-state index < -0.39 is 0 Å². The van der Waals surface area contributed by atoms with E-state index >= 15 is 0 Å². The van der Waals surface area contributed by atoms with Gasteiger partial charge in [-0.3, -0.25) is 4.57 Å². The number of fused-ring (bicyclic) bond motifs is 7. The summed E-state index contributed by atoms with van der Waals surface area (Å²) in [4.78, 5) is 24.5.